The van der Waals surface area contributed by atoms with Gasteiger partial charge in [0.1, 0.15) is 0 Å². The standard InChI is InChI=1S/C26H24N2O3S2/c1-31-25(30)21-12-13-22-23(17-21)33-26(28(22)14-15-32-2)27-24(29)20-10-8-19(9-11-20)16-18-6-4-3-5-7-18/h3-13,17H,14-16H2,1-2H3. The molecular weight excluding hydrogens is 452 g/mol. The Morgan fingerprint density at radius 3 is 2.36 bits per heavy atom. The molecule has 1 heterocycles. The molecule has 4 aromatic rings. The van der Waals surface area contributed by atoms with Crippen molar-refractivity contribution in [2.45, 2.75) is 13.0 Å². The molecule has 3 aromatic carbocycles. The summed E-state index contributed by atoms with van der Waals surface area (Å²) in [4.78, 5) is 29.9. The molecule has 168 valence electrons. The average Bonchev–Trinajstić information content (AvgIpc) is 3.19. The lowest BCUT2D eigenvalue weighted by Gasteiger charge is -2.05. The first-order valence-electron chi connectivity index (χ1n) is 10.5. The predicted molar refractivity (Wildman–Crippen MR) is 135 cm³/mol. The van der Waals surface area contributed by atoms with E-state index in [0.29, 0.717) is 15.9 Å². The molecule has 33 heavy (non-hydrogen) atoms. The van der Waals surface area contributed by atoms with Gasteiger partial charge in [-0.15, -0.1) is 0 Å². The van der Waals surface area contributed by atoms with Crippen molar-refractivity contribution in [2.75, 3.05) is 19.1 Å². The maximum absolute atomic E-state index is 13.0. The van der Waals surface area contributed by atoms with Gasteiger partial charge >= 0.3 is 5.97 Å². The van der Waals surface area contributed by atoms with Gasteiger partial charge in [-0.1, -0.05) is 53.8 Å². The van der Waals surface area contributed by atoms with Crippen LogP contribution in [0.2, 0.25) is 0 Å². The van der Waals surface area contributed by atoms with Crippen molar-refractivity contribution in [3.05, 3.63) is 99.9 Å². The van der Waals surface area contributed by atoms with E-state index < -0.39 is 0 Å². The molecule has 0 unspecified atom stereocenters. The Labute approximate surface area is 200 Å². The first-order valence-corrected chi connectivity index (χ1v) is 12.7. The van der Waals surface area contributed by atoms with Crippen LogP contribution in [0.15, 0.2) is 77.8 Å². The number of amides is 1. The molecule has 7 heteroatoms. The predicted octanol–water partition coefficient (Wildman–Crippen LogP) is 5.18. The smallest absolute Gasteiger partial charge is 0.337 e. The molecule has 5 nitrogen and oxygen atoms in total. The van der Waals surface area contributed by atoms with Gasteiger partial charge in [-0.2, -0.15) is 16.8 Å². The number of carbonyl (C=O) groups is 2. The summed E-state index contributed by atoms with van der Waals surface area (Å²) in [6.45, 7) is 0.723. The molecule has 0 saturated heterocycles. The number of thioether (sulfide) groups is 1. The number of ether oxygens (including phenoxy) is 1. The Morgan fingerprint density at radius 2 is 1.67 bits per heavy atom. The molecule has 0 atom stereocenters. The van der Waals surface area contributed by atoms with Gasteiger partial charge in [-0.05, 0) is 54.1 Å². The van der Waals surface area contributed by atoms with Crippen LogP contribution >= 0.6 is 23.1 Å². The zero-order valence-corrected chi connectivity index (χ0v) is 20.1. The Balaban J connectivity index is 1.65. The molecule has 1 aromatic heterocycles. The minimum atomic E-state index is -0.383. The lowest BCUT2D eigenvalue weighted by atomic mass is 10.0. The first-order chi connectivity index (χ1) is 16.1. The monoisotopic (exact) mass is 476 g/mol. The second kappa shape index (κ2) is 10.6. The summed E-state index contributed by atoms with van der Waals surface area (Å²) in [5.74, 6) is 0.227. The number of aryl methyl sites for hydroxylation is 1. The van der Waals surface area contributed by atoms with Crippen LogP contribution in [-0.4, -0.2) is 35.6 Å². The SMILES string of the molecule is COC(=O)c1ccc2c(c1)sc(=NC(=O)c1ccc(Cc3ccccc3)cc1)n2CCSC. The molecule has 0 fully saturated rings. The minimum absolute atomic E-state index is 0.279. The van der Waals surface area contributed by atoms with Crippen LogP contribution in [-0.2, 0) is 17.7 Å². The molecule has 0 radical (unpaired) electrons. The zero-order valence-electron chi connectivity index (χ0n) is 18.5. The summed E-state index contributed by atoms with van der Waals surface area (Å²) < 4.78 is 7.77. The summed E-state index contributed by atoms with van der Waals surface area (Å²) in [7, 11) is 1.37. The highest BCUT2D eigenvalue weighted by Gasteiger charge is 2.13. The van der Waals surface area contributed by atoms with Crippen LogP contribution < -0.4 is 4.80 Å². The molecule has 0 spiro atoms. The fourth-order valence-corrected chi connectivity index (χ4v) is 5.01. The summed E-state index contributed by atoms with van der Waals surface area (Å²) >= 11 is 3.13. The second-order valence-corrected chi connectivity index (χ2v) is 9.47. The zero-order chi connectivity index (χ0) is 23.2. The van der Waals surface area contributed by atoms with Crippen LogP contribution in [0.5, 0.6) is 0 Å². The molecule has 1 amide bonds. The number of hydrogen-bond acceptors (Lipinski definition) is 5. The molecule has 0 aliphatic heterocycles. The Hall–Kier alpha value is -3.16. The van der Waals surface area contributed by atoms with E-state index in [1.54, 1.807) is 23.9 Å². The number of fused-ring (bicyclic) bond motifs is 1. The van der Waals surface area contributed by atoms with E-state index in [1.165, 1.54) is 24.0 Å². The normalized spacial score (nSPS) is 11.6. The van der Waals surface area contributed by atoms with Crippen LogP contribution in [0.4, 0.5) is 0 Å². The van der Waals surface area contributed by atoms with E-state index in [1.807, 2.05) is 59.4 Å². The van der Waals surface area contributed by atoms with Gasteiger partial charge in [0.25, 0.3) is 5.91 Å². The maximum atomic E-state index is 13.0. The van der Waals surface area contributed by atoms with Gasteiger partial charge in [0, 0.05) is 17.9 Å². The molecule has 0 aliphatic rings. The molecule has 0 saturated carbocycles. The number of rotatable bonds is 7. The van der Waals surface area contributed by atoms with Crippen LogP contribution in [0.1, 0.15) is 31.8 Å². The van der Waals surface area contributed by atoms with Crippen molar-refractivity contribution in [3.63, 3.8) is 0 Å². The molecule has 0 bridgehead atoms. The summed E-state index contributed by atoms with van der Waals surface area (Å²) in [5.41, 5.74) is 4.36. The van der Waals surface area contributed by atoms with E-state index in [4.69, 9.17) is 4.74 Å². The fourth-order valence-electron chi connectivity index (χ4n) is 3.55. The molecular formula is C26H24N2O3S2. The lowest BCUT2D eigenvalue weighted by molar-refractivity contribution is 0.0601. The number of carbonyl (C=O) groups excluding carboxylic acids is 2. The van der Waals surface area contributed by atoms with E-state index in [0.717, 1.165) is 34.5 Å². The van der Waals surface area contributed by atoms with Crippen molar-refractivity contribution in [1.82, 2.24) is 4.57 Å². The van der Waals surface area contributed by atoms with Crippen LogP contribution in [0.3, 0.4) is 0 Å². The van der Waals surface area contributed by atoms with Crippen molar-refractivity contribution < 1.29 is 14.3 Å². The largest absolute Gasteiger partial charge is 0.465 e. The van der Waals surface area contributed by atoms with Crippen LogP contribution in [0, 0.1) is 0 Å². The maximum Gasteiger partial charge on any atom is 0.337 e. The summed E-state index contributed by atoms with van der Waals surface area (Å²) in [6, 6.07) is 23.3. The number of nitrogens with zero attached hydrogens (tertiary/aromatic N) is 2. The highest BCUT2D eigenvalue weighted by Crippen LogP contribution is 2.21. The Bertz CT molecular complexity index is 1340. The van der Waals surface area contributed by atoms with Gasteiger partial charge in [0.05, 0.1) is 22.9 Å². The number of esters is 1. The summed E-state index contributed by atoms with van der Waals surface area (Å²) in [6.07, 6.45) is 2.86. The third-order valence-corrected chi connectivity index (χ3v) is 6.90. The minimum Gasteiger partial charge on any atom is -0.465 e. The number of benzene rings is 3. The molecule has 0 N–H and O–H groups in total. The first kappa shape index (κ1) is 23.0. The number of hydrogen-bond donors (Lipinski definition) is 0. The average molecular weight is 477 g/mol. The van der Waals surface area contributed by atoms with E-state index in [9.17, 15) is 9.59 Å². The Kier molecular flexibility index (Phi) is 7.42. The quantitative estimate of drug-likeness (QED) is 0.345. The number of methoxy groups -OCH3 is 1. The summed E-state index contributed by atoms with van der Waals surface area (Å²) in [5, 5.41) is 0. The molecule has 4 rings (SSSR count). The number of aromatic nitrogens is 1. The van der Waals surface area contributed by atoms with Crippen molar-refractivity contribution >= 4 is 45.2 Å². The van der Waals surface area contributed by atoms with Gasteiger partial charge in [-0.3, -0.25) is 4.79 Å². The van der Waals surface area contributed by atoms with Gasteiger partial charge < -0.3 is 9.30 Å². The third kappa shape index (κ3) is 5.43. The highest BCUT2D eigenvalue weighted by molar-refractivity contribution is 7.98. The highest BCUT2D eigenvalue weighted by atomic mass is 32.2. The van der Waals surface area contributed by atoms with E-state index >= 15 is 0 Å². The van der Waals surface area contributed by atoms with Crippen LogP contribution in [0.25, 0.3) is 10.2 Å². The third-order valence-electron chi connectivity index (χ3n) is 5.27. The van der Waals surface area contributed by atoms with Gasteiger partial charge in [0.2, 0.25) is 0 Å². The lowest BCUT2D eigenvalue weighted by Crippen LogP contribution is -2.18. The van der Waals surface area contributed by atoms with E-state index in [2.05, 4.69) is 17.1 Å². The van der Waals surface area contributed by atoms with Crippen molar-refractivity contribution in [1.29, 1.82) is 0 Å². The van der Waals surface area contributed by atoms with Crippen molar-refractivity contribution in [3.8, 4) is 0 Å². The van der Waals surface area contributed by atoms with Gasteiger partial charge in [-0.25, -0.2) is 4.79 Å². The van der Waals surface area contributed by atoms with Crippen molar-refractivity contribution in [2.24, 2.45) is 4.99 Å². The second-order valence-electron chi connectivity index (χ2n) is 7.48. The fraction of sp³-hybridized carbons (Fsp3) is 0.192. The van der Waals surface area contributed by atoms with Gasteiger partial charge in [0.15, 0.2) is 4.80 Å². The number of thiazole rings is 1. The topological polar surface area (TPSA) is 60.7 Å². The molecule has 0 aliphatic carbocycles. The Morgan fingerprint density at radius 1 is 0.970 bits per heavy atom. The van der Waals surface area contributed by atoms with E-state index in [-0.39, 0.29) is 11.9 Å².